The molecule has 1 nitrogen and oxygen atoms in total. The van der Waals surface area contributed by atoms with Crippen molar-refractivity contribution in [1.82, 2.24) is 0 Å². The van der Waals surface area contributed by atoms with E-state index in [4.69, 9.17) is 5.73 Å². The Labute approximate surface area is 103 Å². The van der Waals surface area contributed by atoms with E-state index in [0.717, 1.165) is 18.4 Å². The third-order valence-corrected chi connectivity index (χ3v) is 2.75. The lowest BCUT2D eigenvalue weighted by molar-refractivity contribution is 0.720. The molecule has 0 saturated carbocycles. The quantitative estimate of drug-likeness (QED) is 0.776. The number of rotatable bonds is 2. The number of benzene rings is 2. The summed E-state index contributed by atoms with van der Waals surface area (Å²) in [4.78, 5) is 0. The highest BCUT2D eigenvalue weighted by molar-refractivity contribution is 5.83. The standard InChI is InChI=1S/C16H17N/c1-2-5-16(17)11-9-13-8-10-14-6-3-4-7-15(14)12-13/h3-4,6-8,10,12,16H,2,5,17H2,1H3. The molecule has 0 radical (unpaired) electrons. The first kappa shape index (κ1) is 11.7. The van der Waals surface area contributed by atoms with Gasteiger partial charge in [0.25, 0.3) is 0 Å². The summed E-state index contributed by atoms with van der Waals surface area (Å²) in [5, 5.41) is 2.47. The Kier molecular flexibility index (Phi) is 3.80. The van der Waals surface area contributed by atoms with Crippen LogP contribution >= 0.6 is 0 Å². The molecule has 2 aromatic rings. The van der Waals surface area contributed by atoms with E-state index < -0.39 is 0 Å². The van der Waals surface area contributed by atoms with Gasteiger partial charge in [-0.05, 0) is 29.3 Å². The van der Waals surface area contributed by atoms with Crippen molar-refractivity contribution in [1.29, 1.82) is 0 Å². The molecule has 1 atom stereocenters. The van der Waals surface area contributed by atoms with Gasteiger partial charge < -0.3 is 5.73 Å². The number of fused-ring (bicyclic) bond motifs is 1. The molecule has 0 saturated heterocycles. The maximum absolute atomic E-state index is 5.87. The van der Waals surface area contributed by atoms with Crippen molar-refractivity contribution in [2.24, 2.45) is 5.73 Å². The minimum atomic E-state index is -0.00790. The molecule has 0 amide bonds. The zero-order valence-corrected chi connectivity index (χ0v) is 10.1. The van der Waals surface area contributed by atoms with Gasteiger partial charge in [0.15, 0.2) is 0 Å². The van der Waals surface area contributed by atoms with Gasteiger partial charge in [0, 0.05) is 5.56 Å². The maximum Gasteiger partial charge on any atom is 0.0668 e. The van der Waals surface area contributed by atoms with Crippen LogP contribution in [0.25, 0.3) is 10.8 Å². The van der Waals surface area contributed by atoms with Crippen molar-refractivity contribution >= 4 is 10.8 Å². The first-order valence-electron chi connectivity index (χ1n) is 6.05. The van der Waals surface area contributed by atoms with Crippen LogP contribution in [0.4, 0.5) is 0 Å². The molecule has 1 unspecified atom stereocenters. The van der Waals surface area contributed by atoms with Crippen LogP contribution < -0.4 is 5.73 Å². The molecule has 0 spiro atoms. The van der Waals surface area contributed by atoms with Gasteiger partial charge in [-0.15, -0.1) is 0 Å². The predicted molar refractivity (Wildman–Crippen MR) is 73.7 cm³/mol. The summed E-state index contributed by atoms with van der Waals surface area (Å²) in [7, 11) is 0. The molecule has 0 bridgehead atoms. The largest absolute Gasteiger partial charge is 0.318 e. The van der Waals surface area contributed by atoms with Crippen molar-refractivity contribution in [2.45, 2.75) is 25.8 Å². The van der Waals surface area contributed by atoms with E-state index in [1.165, 1.54) is 10.8 Å². The molecular weight excluding hydrogens is 206 g/mol. The Morgan fingerprint density at radius 2 is 1.88 bits per heavy atom. The first-order chi connectivity index (χ1) is 8.29. The summed E-state index contributed by atoms with van der Waals surface area (Å²) >= 11 is 0. The summed E-state index contributed by atoms with van der Waals surface area (Å²) in [5.41, 5.74) is 6.91. The molecule has 2 aromatic carbocycles. The topological polar surface area (TPSA) is 26.0 Å². The normalized spacial score (nSPS) is 11.9. The maximum atomic E-state index is 5.87. The molecule has 0 aromatic heterocycles. The van der Waals surface area contributed by atoms with E-state index >= 15 is 0 Å². The Morgan fingerprint density at radius 1 is 1.12 bits per heavy atom. The lowest BCUT2D eigenvalue weighted by atomic mass is 10.1. The number of nitrogens with two attached hydrogens (primary N) is 1. The molecule has 1 heteroatoms. The number of hydrogen-bond acceptors (Lipinski definition) is 1. The van der Waals surface area contributed by atoms with Crippen LogP contribution in [0.1, 0.15) is 25.3 Å². The summed E-state index contributed by atoms with van der Waals surface area (Å²) in [5.74, 6) is 6.24. The molecule has 0 aliphatic heterocycles. The monoisotopic (exact) mass is 223 g/mol. The van der Waals surface area contributed by atoms with Crippen LogP contribution in [0.3, 0.4) is 0 Å². The van der Waals surface area contributed by atoms with E-state index in [-0.39, 0.29) is 6.04 Å². The molecule has 17 heavy (non-hydrogen) atoms. The second-order valence-electron chi connectivity index (χ2n) is 4.23. The van der Waals surface area contributed by atoms with Crippen LogP contribution in [-0.4, -0.2) is 6.04 Å². The van der Waals surface area contributed by atoms with Crippen LogP contribution in [-0.2, 0) is 0 Å². The van der Waals surface area contributed by atoms with E-state index in [2.05, 4.69) is 43.0 Å². The van der Waals surface area contributed by atoms with Crippen LogP contribution in [0.15, 0.2) is 42.5 Å². The average molecular weight is 223 g/mol. The second-order valence-corrected chi connectivity index (χ2v) is 4.23. The SMILES string of the molecule is CCCC(N)C#Cc1ccc2ccccc2c1. The average Bonchev–Trinajstić information content (AvgIpc) is 2.36. The smallest absolute Gasteiger partial charge is 0.0668 e. The van der Waals surface area contributed by atoms with Crippen LogP contribution in [0.5, 0.6) is 0 Å². The minimum Gasteiger partial charge on any atom is -0.318 e. The summed E-state index contributed by atoms with van der Waals surface area (Å²) in [6.07, 6.45) is 2.04. The molecule has 0 fully saturated rings. The van der Waals surface area contributed by atoms with Gasteiger partial charge in [-0.1, -0.05) is 55.5 Å². The second kappa shape index (κ2) is 5.52. The third-order valence-electron chi connectivity index (χ3n) is 2.75. The minimum absolute atomic E-state index is 0.00790. The van der Waals surface area contributed by atoms with E-state index in [1.54, 1.807) is 0 Å². The van der Waals surface area contributed by atoms with Gasteiger partial charge in [0.1, 0.15) is 0 Å². The zero-order valence-electron chi connectivity index (χ0n) is 10.1. The highest BCUT2D eigenvalue weighted by Gasteiger charge is 1.95. The number of hydrogen-bond donors (Lipinski definition) is 1. The molecule has 0 aliphatic rings. The van der Waals surface area contributed by atoms with E-state index in [9.17, 15) is 0 Å². The van der Waals surface area contributed by atoms with Crippen molar-refractivity contribution in [3.63, 3.8) is 0 Å². The van der Waals surface area contributed by atoms with Gasteiger partial charge in [0.2, 0.25) is 0 Å². The summed E-state index contributed by atoms with van der Waals surface area (Å²) in [6.45, 7) is 2.12. The van der Waals surface area contributed by atoms with Crippen LogP contribution in [0.2, 0.25) is 0 Å². The fourth-order valence-electron chi connectivity index (χ4n) is 1.83. The molecule has 86 valence electrons. The fraction of sp³-hybridized carbons (Fsp3) is 0.250. The zero-order chi connectivity index (χ0) is 12.1. The van der Waals surface area contributed by atoms with Gasteiger partial charge in [-0.2, -0.15) is 0 Å². The summed E-state index contributed by atoms with van der Waals surface area (Å²) in [6, 6.07) is 14.6. The fourth-order valence-corrected chi connectivity index (χ4v) is 1.83. The van der Waals surface area contributed by atoms with E-state index in [1.807, 2.05) is 18.2 Å². The van der Waals surface area contributed by atoms with Crippen molar-refractivity contribution in [3.05, 3.63) is 48.0 Å². The van der Waals surface area contributed by atoms with Crippen molar-refractivity contribution in [2.75, 3.05) is 0 Å². The first-order valence-corrected chi connectivity index (χ1v) is 6.05. The van der Waals surface area contributed by atoms with Crippen molar-refractivity contribution in [3.8, 4) is 11.8 Å². The predicted octanol–water partition coefficient (Wildman–Crippen LogP) is 3.32. The van der Waals surface area contributed by atoms with Gasteiger partial charge >= 0.3 is 0 Å². The van der Waals surface area contributed by atoms with Gasteiger partial charge in [-0.25, -0.2) is 0 Å². The molecule has 2 rings (SSSR count). The molecule has 0 heterocycles. The lowest BCUT2D eigenvalue weighted by Gasteiger charge is -2.00. The highest BCUT2D eigenvalue weighted by atomic mass is 14.6. The molecule has 2 N–H and O–H groups in total. The highest BCUT2D eigenvalue weighted by Crippen LogP contribution is 2.14. The van der Waals surface area contributed by atoms with Crippen molar-refractivity contribution < 1.29 is 0 Å². The Morgan fingerprint density at radius 3 is 2.65 bits per heavy atom. The van der Waals surface area contributed by atoms with Gasteiger partial charge in [0.05, 0.1) is 6.04 Å². The van der Waals surface area contributed by atoms with Gasteiger partial charge in [-0.3, -0.25) is 0 Å². The third kappa shape index (κ3) is 3.09. The Hall–Kier alpha value is -1.78. The Bertz CT molecular complexity index is 560. The Balaban J connectivity index is 2.25. The molecular formula is C16H17N. The molecule has 0 aliphatic carbocycles. The van der Waals surface area contributed by atoms with E-state index in [0.29, 0.717) is 0 Å². The lowest BCUT2D eigenvalue weighted by Crippen LogP contribution is -2.16. The van der Waals surface area contributed by atoms with Crippen LogP contribution in [0, 0.1) is 11.8 Å². The summed E-state index contributed by atoms with van der Waals surface area (Å²) < 4.78 is 0.